The molecule has 4 rings (SSSR count). The smallest absolute Gasteiger partial charge is 0.331 e. The Morgan fingerprint density at radius 2 is 2.07 bits per heavy atom. The maximum absolute atomic E-state index is 12.0. The van der Waals surface area contributed by atoms with Crippen molar-refractivity contribution in [3.05, 3.63) is 68.9 Å². The van der Waals surface area contributed by atoms with Gasteiger partial charge >= 0.3 is 5.97 Å². The number of aromatic nitrogens is 3. The molecule has 1 aromatic carbocycles. The van der Waals surface area contributed by atoms with E-state index in [1.165, 1.54) is 28.7 Å². The molecule has 27 heavy (non-hydrogen) atoms. The Labute approximate surface area is 172 Å². The molecule has 0 spiro atoms. The Bertz CT molecular complexity index is 1150. The molecule has 0 saturated carbocycles. The normalized spacial score (nSPS) is 11.5. The highest BCUT2D eigenvalue weighted by Crippen LogP contribution is 2.30. The predicted molar refractivity (Wildman–Crippen MR) is 109 cm³/mol. The number of fused-ring (bicyclic) bond motifs is 1. The fourth-order valence-electron chi connectivity index (χ4n) is 2.40. The van der Waals surface area contributed by atoms with Crippen LogP contribution in [0, 0.1) is 0 Å². The standard InChI is InChI=1S/C18H11Cl2N3O2S2/c19-13-4-2-1-3-12(13)17-21-11(10-27-17)9-25-15(24)6-5-14-16(20)22-18-23(14)7-8-26-18/h1-8,10H,9H2. The maximum atomic E-state index is 12.0. The van der Waals surface area contributed by atoms with E-state index < -0.39 is 5.97 Å². The quantitative estimate of drug-likeness (QED) is 0.303. The van der Waals surface area contributed by atoms with Gasteiger partial charge in [0.1, 0.15) is 11.6 Å². The zero-order valence-corrected chi connectivity index (χ0v) is 16.8. The first-order valence-electron chi connectivity index (χ1n) is 7.77. The van der Waals surface area contributed by atoms with Crippen LogP contribution in [0.3, 0.4) is 0 Å². The molecule has 3 heterocycles. The average molecular weight is 436 g/mol. The maximum Gasteiger partial charge on any atom is 0.331 e. The van der Waals surface area contributed by atoms with Gasteiger partial charge in [0.05, 0.1) is 16.4 Å². The molecule has 0 aliphatic carbocycles. The summed E-state index contributed by atoms with van der Waals surface area (Å²) >= 11 is 15.2. The lowest BCUT2D eigenvalue weighted by atomic mass is 10.2. The van der Waals surface area contributed by atoms with Crippen LogP contribution < -0.4 is 0 Å². The zero-order valence-electron chi connectivity index (χ0n) is 13.6. The number of carbonyl (C=O) groups excluding carboxylic acids is 1. The summed E-state index contributed by atoms with van der Waals surface area (Å²) in [5, 5.41) is 5.50. The van der Waals surface area contributed by atoms with Crippen LogP contribution in [0.5, 0.6) is 0 Å². The monoisotopic (exact) mass is 435 g/mol. The van der Waals surface area contributed by atoms with Crippen LogP contribution in [-0.2, 0) is 16.1 Å². The Hall–Kier alpha value is -2.19. The number of rotatable bonds is 5. The molecule has 0 N–H and O–H groups in total. The molecule has 3 aromatic heterocycles. The minimum atomic E-state index is -0.483. The molecule has 0 aliphatic rings. The van der Waals surface area contributed by atoms with Crippen molar-refractivity contribution in [1.29, 1.82) is 0 Å². The number of hydrogen-bond acceptors (Lipinski definition) is 6. The fraction of sp³-hybridized carbons (Fsp3) is 0.0556. The van der Waals surface area contributed by atoms with Gasteiger partial charge in [-0.15, -0.1) is 22.7 Å². The average Bonchev–Trinajstić information content (AvgIpc) is 3.35. The van der Waals surface area contributed by atoms with E-state index in [2.05, 4.69) is 9.97 Å². The van der Waals surface area contributed by atoms with Gasteiger partial charge in [-0.05, 0) is 12.1 Å². The first-order valence-corrected chi connectivity index (χ1v) is 10.3. The Kier molecular flexibility index (Phi) is 5.27. The molecule has 0 atom stereocenters. The van der Waals surface area contributed by atoms with Gasteiger partial charge in [-0.3, -0.25) is 4.40 Å². The van der Waals surface area contributed by atoms with Gasteiger partial charge < -0.3 is 4.74 Å². The second-order valence-corrected chi connectivity index (χ2v) is 7.90. The number of benzene rings is 1. The van der Waals surface area contributed by atoms with E-state index in [-0.39, 0.29) is 6.61 Å². The third kappa shape index (κ3) is 3.91. The highest BCUT2D eigenvalue weighted by atomic mass is 35.5. The van der Waals surface area contributed by atoms with Crippen molar-refractivity contribution in [2.45, 2.75) is 6.61 Å². The molecular weight excluding hydrogens is 425 g/mol. The molecule has 0 bridgehead atoms. The topological polar surface area (TPSA) is 56.5 Å². The third-order valence-corrected chi connectivity index (χ3v) is 5.94. The van der Waals surface area contributed by atoms with Crippen molar-refractivity contribution in [2.24, 2.45) is 0 Å². The van der Waals surface area contributed by atoms with Crippen LogP contribution in [0.25, 0.3) is 21.6 Å². The first kappa shape index (κ1) is 18.2. The summed E-state index contributed by atoms with van der Waals surface area (Å²) in [5.74, 6) is -0.483. The molecule has 5 nitrogen and oxygen atoms in total. The summed E-state index contributed by atoms with van der Waals surface area (Å²) in [5.41, 5.74) is 2.16. The summed E-state index contributed by atoms with van der Waals surface area (Å²) in [6.07, 6.45) is 4.76. The van der Waals surface area contributed by atoms with E-state index in [1.807, 2.05) is 45.6 Å². The van der Waals surface area contributed by atoms with Crippen LogP contribution in [-0.4, -0.2) is 20.3 Å². The van der Waals surface area contributed by atoms with Gasteiger partial charge in [0.25, 0.3) is 0 Å². The number of esters is 1. The summed E-state index contributed by atoms with van der Waals surface area (Å²) in [6, 6.07) is 7.49. The second kappa shape index (κ2) is 7.82. The van der Waals surface area contributed by atoms with Crippen LogP contribution in [0.4, 0.5) is 0 Å². The lowest BCUT2D eigenvalue weighted by Crippen LogP contribution is -2.01. The Morgan fingerprint density at radius 3 is 2.93 bits per heavy atom. The Balaban J connectivity index is 1.41. The van der Waals surface area contributed by atoms with Gasteiger partial charge in [-0.25, -0.2) is 14.8 Å². The number of carbonyl (C=O) groups is 1. The first-order chi connectivity index (χ1) is 13.1. The molecule has 0 amide bonds. The summed E-state index contributed by atoms with van der Waals surface area (Å²) in [7, 11) is 0. The van der Waals surface area contributed by atoms with Gasteiger partial charge in [0.15, 0.2) is 10.1 Å². The minimum absolute atomic E-state index is 0.0815. The van der Waals surface area contributed by atoms with Gasteiger partial charge in [-0.1, -0.05) is 41.4 Å². The van der Waals surface area contributed by atoms with E-state index in [4.69, 9.17) is 27.9 Å². The molecule has 4 aromatic rings. The number of thiazole rings is 2. The molecule has 136 valence electrons. The van der Waals surface area contributed by atoms with Crippen LogP contribution in [0.2, 0.25) is 10.2 Å². The van der Waals surface area contributed by atoms with Gasteiger partial charge in [0, 0.05) is 28.6 Å². The molecule has 9 heteroatoms. The number of hydrogen-bond donors (Lipinski definition) is 0. The second-order valence-electron chi connectivity index (χ2n) is 5.41. The highest BCUT2D eigenvalue weighted by Gasteiger charge is 2.11. The number of nitrogens with zero attached hydrogens (tertiary/aromatic N) is 3. The van der Waals surface area contributed by atoms with Crippen molar-refractivity contribution in [2.75, 3.05) is 0 Å². The van der Waals surface area contributed by atoms with Crippen LogP contribution in [0.15, 0.2) is 47.3 Å². The number of ether oxygens (including phenoxy) is 1. The van der Waals surface area contributed by atoms with E-state index in [9.17, 15) is 4.79 Å². The van der Waals surface area contributed by atoms with Gasteiger partial charge in [-0.2, -0.15) is 0 Å². The summed E-state index contributed by atoms with van der Waals surface area (Å²) < 4.78 is 7.07. The SMILES string of the molecule is O=C(C=Cc1c(Cl)nc2sccn12)OCc1csc(-c2ccccc2Cl)n1. The number of imidazole rings is 1. The predicted octanol–water partition coefficient (Wildman–Crippen LogP) is 5.58. The highest BCUT2D eigenvalue weighted by molar-refractivity contribution is 7.15. The van der Waals surface area contributed by atoms with Crippen molar-refractivity contribution < 1.29 is 9.53 Å². The number of halogens is 2. The van der Waals surface area contributed by atoms with Gasteiger partial charge in [0.2, 0.25) is 0 Å². The lowest BCUT2D eigenvalue weighted by Gasteiger charge is -2.00. The van der Waals surface area contributed by atoms with Crippen LogP contribution >= 0.6 is 45.9 Å². The molecule has 0 radical (unpaired) electrons. The molecule has 0 fully saturated rings. The third-order valence-electron chi connectivity index (χ3n) is 3.65. The lowest BCUT2D eigenvalue weighted by molar-refractivity contribution is -0.139. The van der Waals surface area contributed by atoms with Crippen molar-refractivity contribution >= 4 is 62.9 Å². The minimum Gasteiger partial charge on any atom is -0.456 e. The Morgan fingerprint density at radius 1 is 1.22 bits per heavy atom. The van der Waals surface area contributed by atoms with Crippen molar-refractivity contribution in [1.82, 2.24) is 14.4 Å². The summed E-state index contributed by atoms with van der Waals surface area (Å²) in [6.45, 7) is 0.0815. The fourth-order valence-corrected chi connectivity index (χ4v) is 4.53. The van der Waals surface area contributed by atoms with E-state index in [1.54, 1.807) is 6.08 Å². The molecular formula is C18H11Cl2N3O2S2. The van der Waals surface area contributed by atoms with Crippen LogP contribution in [0.1, 0.15) is 11.4 Å². The molecule has 0 unspecified atom stereocenters. The largest absolute Gasteiger partial charge is 0.456 e. The summed E-state index contributed by atoms with van der Waals surface area (Å²) in [4.78, 5) is 21.4. The van der Waals surface area contributed by atoms with Crippen molar-refractivity contribution in [3.8, 4) is 10.6 Å². The van der Waals surface area contributed by atoms with E-state index in [0.29, 0.717) is 21.6 Å². The molecule has 0 aliphatic heterocycles. The molecule has 0 saturated heterocycles. The zero-order chi connectivity index (χ0) is 18.8. The van der Waals surface area contributed by atoms with E-state index in [0.717, 1.165) is 15.5 Å². The van der Waals surface area contributed by atoms with E-state index >= 15 is 0 Å². The van der Waals surface area contributed by atoms with Crippen molar-refractivity contribution in [3.63, 3.8) is 0 Å².